The normalized spacial score (nSPS) is 13.1. The minimum atomic E-state index is -0.847. The van der Waals surface area contributed by atoms with E-state index in [1.54, 1.807) is 12.3 Å². The molecular formula is C27H59NP+. The van der Waals surface area contributed by atoms with Gasteiger partial charge in [-0.25, -0.2) is 0 Å². The first kappa shape index (κ1) is 29.4. The molecule has 0 aromatic carbocycles. The zero-order chi connectivity index (χ0) is 21.6. The molecule has 0 saturated heterocycles. The minimum absolute atomic E-state index is 0.847. The van der Waals surface area contributed by atoms with Crippen molar-refractivity contribution in [3.05, 3.63) is 0 Å². The Kier molecular flexibility index (Phi) is 21.9. The van der Waals surface area contributed by atoms with Crippen LogP contribution >= 0.6 is 7.26 Å². The van der Waals surface area contributed by atoms with E-state index in [9.17, 15) is 0 Å². The summed E-state index contributed by atoms with van der Waals surface area (Å²) in [5.41, 5.74) is 0. The predicted molar refractivity (Wildman–Crippen MR) is 140 cm³/mol. The van der Waals surface area contributed by atoms with Crippen LogP contribution in [0.15, 0.2) is 0 Å². The van der Waals surface area contributed by atoms with E-state index >= 15 is 0 Å². The lowest BCUT2D eigenvalue weighted by Gasteiger charge is -2.36. The average Bonchev–Trinajstić information content (AvgIpc) is 2.73. The van der Waals surface area contributed by atoms with E-state index in [1.165, 1.54) is 122 Å². The zero-order valence-corrected chi connectivity index (χ0v) is 22.3. The molecule has 0 aliphatic carbocycles. The number of nitrogens with one attached hydrogen (secondary N) is 1. The summed E-state index contributed by atoms with van der Waals surface area (Å²) in [5, 5.41) is 4.14. The molecule has 1 unspecified atom stereocenters. The Morgan fingerprint density at radius 1 is 0.483 bits per heavy atom. The van der Waals surface area contributed by atoms with Gasteiger partial charge in [-0.15, -0.1) is 0 Å². The number of unbranched alkanes of at least 4 members (excludes halogenated alkanes) is 11. The third-order valence-corrected chi connectivity index (χ3v) is 12.2. The zero-order valence-electron chi connectivity index (χ0n) is 21.4. The lowest BCUT2D eigenvalue weighted by Crippen LogP contribution is -2.36. The molecule has 0 aromatic rings. The van der Waals surface area contributed by atoms with Crippen molar-refractivity contribution in [2.45, 2.75) is 150 Å². The Hall–Kier alpha value is 0.390. The molecule has 0 rings (SSSR count). The second-order valence-corrected chi connectivity index (χ2v) is 13.9. The van der Waals surface area contributed by atoms with E-state index in [4.69, 9.17) is 0 Å². The third-order valence-electron chi connectivity index (χ3n) is 6.72. The van der Waals surface area contributed by atoms with E-state index in [0.29, 0.717) is 0 Å². The maximum atomic E-state index is 4.14. The van der Waals surface area contributed by atoms with Crippen LogP contribution in [-0.2, 0) is 0 Å². The van der Waals surface area contributed by atoms with Crippen LogP contribution in [0.4, 0.5) is 0 Å². The lowest BCUT2D eigenvalue weighted by molar-refractivity contribution is 0.525. The number of hydrogen-bond acceptors (Lipinski definition) is 1. The quantitative estimate of drug-likeness (QED) is 0.126. The molecule has 2 heteroatoms. The summed E-state index contributed by atoms with van der Waals surface area (Å²) in [7, 11) is -0.847. The molecule has 0 aliphatic rings. The maximum Gasteiger partial charge on any atom is 0.119 e. The van der Waals surface area contributed by atoms with E-state index in [2.05, 4.69) is 39.9 Å². The van der Waals surface area contributed by atoms with Crippen LogP contribution in [-0.4, -0.2) is 30.8 Å². The topological polar surface area (TPSA) is 12.0 Å². The molecule has 0 aromatic heterocycles. The molecule has 176 valence electrons. The van der Waals surface area contributed by atoms with Crippen LogP contribution in [0.2, 0.25) is 0 Å². The monoisotopic (exact) mass is 428 g/mol. The summed E-state index contributed by atoms with van der Waals surface area (Å²) in [6, 6.07) is 0. The van der Waals surface area contributed by atoms with E-state index < -0.39 is 7.26 Å². The molecule has 0 fully saturated rings. The van der Waals surface area contributed by atoms with Crippen molar-refractivity contribution in [1.29, 1.82) is 0 Å². The van der Waals surface area contributed by atoms with Gasteiger partial charge in [0.05, 0.1) is 18.5 Å². The fraction of sp³-hybridized carbons (Fsp3) is 1.00. The molecule has 1 nitrogen and oxygen atoms in total. The van der Waals surface area contributed by atoms with Gasteiger partial charge in [0, 0.05) is 7.26 Å². The van der Waals surface area contributed by atoms with Crippen LogP contribution < -0.4 is 5.32 Å². The van der Waals surface area contributed by atoms with Crippen LogP contribution in [0, 0.1) is 0 Å². The molecule has 0 bridgehead atoms. The van der Waals surface area contributed by atoms with Crippen LogP contribution in [0.3, 0.4) is 0 Å². The van der Waals surface area contributed by atoms with Gasteiger partial charge in [0.1, 0.15) is 5.78 Å². The first-order valence-electron chi connectivity index (χ1n) is 13.8. The van der Waals surface area contributed by atoms with Gasteiger partial charge in [0.25, 0.3) is 0 Å². The molecule has 0 saturated carbocycles. The summed E-state index contributed by atoms with van der Waals surface area (Å²) in [6.45, 7) is 13.2. The molecule has 0 aliphatic heterocycles. The van der Waals surface area contributed by atoms with E-state index in [1.807, 2.05) is 0 Å². The molecule has 0 heterocycles. The smallest absolute Gasteiger partial charge is 0.119 e. The number of rotatable bonds is 23. The Morgan fingerprint density at radius 3 is 1.41 bits per heavy atom. The van der Waals surface area contributed by atoms with Crippen molar-refractivity contribution in [2.75, 3.05) is 25.0 Å². The van der Waals surface area contributed by atoms with Gasteiger partial charge in [-0.05, 0) is 38.6 Å². The standard InChI is InChI=1S/C27H59NP/c1-6-11-14-15-16-17-18-19-20-21-23-28-27(22-9-4)29(24-10-5,25-12-7-2)26-13-8-3/h27-28H,6-26H2,1-5H3/q+1. The van der Waals surface area contributed by atoms with Crippen molar-refractivity contribution in [1.82, 2.24) is 5.32 Å². The molecule has 0 spiro atoms. The second kappa shape index (κ2) is 21.6. The van der Waals surface area contributed by atoms with Crippen molar-refractivity contribution < 1.29 is 0 Å². The highest BCUT2D eigenvalue weighted by atomic mass is 31.2. The van der Waals surface area contributed by atoms with Gasteiger partial charge >= 0.3 is 0 Å². The first-order chi connectivity index (χ1) is 14.2. The van der Waals surface area contributed by atoms with Crippen molar-refractivity contribution in [2.24, 2.45) is 0 Å². The first-order valence-corrected chi connectivity index (χ1v) is 16.2. The fourth-order valence-corrected chi connectivity index (χ4v) is 10.6. The summed E-state index contributed by atoms with van der Waals surface area (Å²) < 4.78 is 0. The van der Waals surface area contributed by atoms with Gasteiger partial charge in [0.2, 0.25) is 0 Å². The van der Waals surface area contributed by atoms with Crippen molar-refractivity contribution in [3.63, 3.8) is 0 Å². The Bertz CT molecular complexity index is 310. The Balaban J connectivity index is 4.34. The molecule has 1 atom stereocenters. The van der Waals surface area contributed by atoms with Crippen molar-refractivity contribution >= 4 is 7.26 Å². The summed E-state index contributed by atoms with van der Waals surface area (Å²) in [4.78, 5) is 0. The van der Waals surface area contributed by atoms with Gasteiger partial charge in [0.15, 0.2) is 0 Å². The van der Waals surface area contributed by atoms with Gasteiger partial charge in [-0.1, -0.05) is 112 Å². The largest absolute Gasteiger partial charge is 0.283 e. The molecular weight excluding hydrogens is 369 g/mol. The predicted octanol–water partition coefficient (Wildman–Crippen LogP) is 9.65. The van der Waals surface area contributed by atoms with Crippen LogP contribution in [0.5, 0.6) is 0 Å². The maximum absolute atomic E-state index is 4.14. The third kappa shape index (κ3) is 14.9. The van der Waals surface area contributed by atoms with Gasteiger partial charge in [-0.3, -0.25) is 5.32 Å². The molecule has 0 radical (unpaired) electrons. The minimum Gasteiger partial charge on any atom is -0.283 e. The fourth-order valence-electron chi connectivity index (χ4n) is 4.92. The SMILES string of the molecule is CCCCCCCCCCCCNC(CCC)[P+](CCC)(CCCC)CCCC. The van der Waals surface area contributed by atoms with E-state index in [0.717, 1.165) is 5.78 Å². The highest BCUT2D eigenvalue weighted by molar-refractivity contribution is 7.76. The summed E-state index contributed by atoms with van der Waals surface area (Å²) in [6.07, 6.45) is 28.8. The van der Waals surface area contributed by atoms with Gasteiger partial charge in [-0.2, -0.15) is 0 Å². The second-order valence-electron chi connectivity index (χ2n) is 9.54. The Labute approximate surface area is 187 Å². The van der Waals surface area contributed by atoms with Gasteiger partial charge < -0.3 is 0 Å². The average molecular weight is 429 g/mol. The Morgan fingerprint density at radius 2 is 0.966 bits per heavy atom. The molecule has 1 N–H and O–H groups in total. The van der Waals surface area contributed by atoms with Crippen LogP contribution in [0.25, 0.3) is 0 Å². The van der Waals surface area contributed by atoms with Crippen molar-refractivity contribution in [3.8, 4) is 0 Å². The highest BCUT2D eigenvalue weighted by Crippen LogP contribution is 2.64. The molecule has 29 heavy (non-hydrogen) atoms. The number of hydrogen-bond donors (Lipinski definition) is 1. The summed E-state index contributed by atoms with van der Waals surface area (Å²) >= 11 is 0. The van der Waals surface area contributed by atoms with E-state index in [-0.39, 0.29) is 0 Å². The van der Waals surface area contributed by atoms with Crippen LogP contribution in [0.1, 0.15) is 144 Å². The lowest BCUT2D eigenvalue weighted by atomic mass is 10.1. The highest BCUT2D eigenvalue weighted by Gasteiger charge is 2.42. The summed E-state index contributed by atoms with van der Waals surface area (Å²) in [5.74, 6) is 0.851. The molecule has 0 amide bonds.